The summed E-state index contributed by atoms with van der Waals surface area (Å²) >= 11 is 0. The van der Waals surface area contributed by atoms with E-state index in [1.54, 1.807) is 6.92 Å². The topological polar surface area (TPSA) is 234 Å². The molecule has 3 heterocycles. The number of hydrogen-bond donors (Lipinski definition) is 8. The molecule has 22 unspecified atom stereocenters. The molecule has 6 fully saturated rings. The number of aliphatic hydroxyl groups is 8. The number of ketones is 1. The maximum Gasteiger partial charge on any atom is 0.187 e. The van der Waals surface area contributed by atoms with Crippen molar-refractivity contribution in [3.63, 3.8) is 0 Å². The molecule has 0 radical (unpaired) electrons. The molecule has 0 amide bonds. The van der Waals surface area contributed by atoms with Crippen LogP contribution in [0, 0.1) is 34.5 Å². The van der Waals surface area contributed by atoms with Crippen molar-refractivity contribution in [2.24, 2.45) is 34.5 Å². The number of carbonyl (C=O) groups excluding carboxylic acids is 1. The van der Waals surface area contributed by atoms with E-state index in [-0.39, 0.29) is 22.9 Å². The van der Waals surface area contributed by atoms with Crippen molar-refractivity contribution in [2.75, 3.05) is 6.61 Å². The van der Waals surface area contributed by atoms with E-state index in [0.29, 0.717) is 36.4 Å². The van der Waals surface area contributed by atoms with Crippen LogP contribution >= 0.6 is 0 Å². The van der Waals surface area contributed by atoms with Crippen LogP contribution in [-0.2, 0) is 33.2 Å². The van der Waals surface area contributed by atoms with Crippen molar-refractivity contribution in [3.8, 4) is 0 Å². The van der Waals surface area contributed by atoms with Gasteiger partial charge in [0.2, 0.25) is 0 Å². The number of fused-ring (bicyclic) bond motifs is 5. The van der Waals surface area contributed by atoms with E-state index < -0.39 is 98.7 Å². The first-order valence-electron chi connectivity index (χ1n) is 20.0. The maximum atomic E-state index is 12.6. The zero-order chi connectivity index (χ0) is 39.0. The second-order valence-corrected chi connectivity index (χ2v) is 17.8. The quantitative estimate of drug-likeness (QED) is 0.152. The molecule has 15 heteroatoms. The number of ether oxygens (including phenoxy) is 6. The van der Waals surface area contributed by atoms with Gasteiger partial charge < -0.3 is 69.3 Å². The second-order valence-electron chi connectivity index (χ2n) is 17.8. The van der Waals surface area contributed by atoms with Crippen LogP contribution < -0.4 is 0 Å². The second kappa shape index (κ2) is 15.6. The summed E-state index contributed by atoms with van der Waals surface area (Å²) in [4.78, 5) is 12.6. The first-order chi connectivity index (χ1) is 25.5. The number of rotatable bonds is 8. The average molecular weight is 771 g/mol. The lowest BCUT2D eigenvalue weighted by Crippen LogP contribution is -2.66. The van der Waals surface area contributed by atoms with Crippen LogP contribution in [0.5, 0.6) is 0 Å². The molecule has 0 spiro atoms. The minimum absolute atomic E-state index is 0.0307. The Morgan fingerprint density at radius 2 is 1.33 bits per heavy atom. The number of aliphatic hydroxyl groups excluding tert-OH is 8. The lowest BCUT2D eigenvalue weighted by molar-refractivity contribution is -0.388. The summed E-state index contributed by atoms with van der Waals surface area (Å²) in [6.45, 7) is 8.78. The Bertz CT molecular complexity index is 1380. The average Bonchev–Trinajstić information content (AvgIpc) is 3.50. The molecule has 0 aromatic rings. The molecule has 3 aliphatic heterocycles. The molecular formula is C39H62O15. The largest absolute Gasteiger partial charge is 0.394 e. The Kier molecular flexibility index (Phi) is 11.8. The van der Waals surface area contributed by atoms with Crippen LogP contribution in [0.2, 0.25) is 0 Å². The third-order valence-electron chi connectivity index (χ3n) is 14.9. The number of Topliss-reactive ketones (excluding diaryl/α,β-unsaturated/α-hetero) is 1. The van der Waals surface area contributed by atoms with Gasteiger partial charge in [-0.2, -0.15) is 0 Å². The standard InChI is InChI=1S/C39H62O15/c1-16(41)22-8-9-23-21-7-6-19-14-20(10-12-38(19,4)24(21)11-13-39(22,23)5)51-37-34(54-36-31(47)29(45)27(43)18(3)50-36)32(48)33(25(15-40)52-37)53-35-30(46)28(44)26(42)17(2)49-35/h6,17-18,20-37,40,42-48H,7-15H2,1-5H3. The van der Waals surface area contributed by atoms with Crippen molar-refractivity contribution in [2.45, 2.75) is 184 Å². The molecule has 3 saturated heterocycles. The molecule has 0 aromatic heterocycles. The number of allylic oxidation sites excluding steroid dienone is 1. The van der Waals surface area contributed by atoms with Crippen LogP contribution in [0.25, 0.3) is 0 Å². The highest BCUT2D eigenvalue weighted by atomic mass is 16.8. The minimum Gasteiger partial charge on any atom is -0.394 e. The Labute approximate surface area is 316 Å². The number of hydrogen-bond acceptors (Lipinski definition) is 15. The lowest BCUT2D eigenvalue weighted by atomic mass is 9.47. The highest BCUT2D eigenvalue weighted by Crippen LogP contribution is 2.66. The summed E-state index contributed by atoms with van der Waals surface area (Å²) < 4.78 is 36.3. The Hall–Kier alpha value is -1.15. The molecule has 54 heavy (non-hydrogen) atoms. The molecule has 0 aromatic carbocycles. The number of carbonyl (C=O) groups is 1. The van der Waals surface area contributed by atoms with Gasteiger partial charge in [0.05, 0.1) is 24.9 Å². The Morgan fingerprint density at radius 1 is 0.722 bits per heavy atom. The van der Waals surface area contributed by atoms with E-state index >= 15 is 0 Å². The van der Waals surface area contributed by atoms with Gasteiger partial charge in [0.15, 0.2) is 18.9 Å². The van der Waals surface area contributed by atoms with Gasteiger partial charge in [-0.05, 0) is 101 Å². The first kappa shape index (κ1) is 41.0. The molecule has 15 nitrogen and oxygen atoms in total. The predicted octanol–water partition coefficient (Wildman–Crippen LogP) is 0.0431. The van der Waals surface area contributed by atoms with Crippen LogP contribution in [0.4, 0.5) is 0 Å². The normalized spacial score (nSPS) is 54.9. The van der Waals surface area contributed by atoms with Crippen molar-refractivity contribution in [3.05, 3.63) is 11.6 Å². The third-order valence-corrected chi connectivity index (χ3v) is 14.9. The summed E-state index contributed by atoms with van der Waals surface area (Å²) in [5, 5.41) is 85.2. The molecule has 308 valence electrons. The molecule has 0 bridgehead atoms. The van der Waals surface area contributed by atoms with Crippen LogP contribution in [0.15, 0.2) is 11.6 Å². The first-order valence-corrected chi connectivity index (χ1v) is 20.0. The monoisotopic (exact) mass is 770 g/mol. The fourth-order valence-electron chi connectivity index (χ4n) is 11.6. The molecule has 8 N–H and O–H groups in total. The van der Waals surface area contributed by atoms with Crippen LogP contribution in [0.1, 0.15) is 86.0 Å². The molecule has 3 saturated carbocycles. The van der Waals surface area contributed by atoms with Gasteiger partial charge in [0, 0.05) is 5.92 Å². The van der Waals surface area contributed by atoms with Gasteiger partial charge in [0.25, 0.3) is 0 Å². The summed E-state index contributed by atoms with van der Waals surface area (Å²) in [6.07, 6.45) is -12.2. The summed E-state index contributed by atoms with van der Waals surface area (Å²) in [6, 6.07) is 0. The van der Waals surface area contributed by atoms with E-state index in [9.17, 15) is 45.6 Å². The summed E-state index contributed by atoms with van der Waals surface area (Å²) in [5.74, 6) is 1.99. The van der Waals surface area contributed by atoms with Gasteiger partial charge >= 0.3 is 0 Å². The van der Waals surface area contributed by atoms with E-state index in [0.717, 1.165) is 38.5 Å². The van der Waals surface area contributed by atoms with E-state index in [1.807, 2.05) is 0 Å². The molecular weight excluding hydrogens is 708 g/mol. The summed E-state index contributed by atoms with van der Waals surface area (Å²) in [7, 11) is 0. The van der Waals surface area contributed by atoms with Gasteiger partial charge in [-0.25, -0.2) is 0 Å². The minimum atomic E-state index is -1.71. The predicted molar refractivity (Wildman–Crippen MR) is 187 cm³/mol. The zero-order valence-electron chi connectivity index (χ0n) is 31.9. The van der Waals surface area contributed by atoms with E-state index in [2.05, 4.69) is 19.9 Å². The highest BCUT2D eigenvalue weighted by Gasteiger charge is 2.60. The highest BCUT2D eigenvalue weighted by molar-refractivity contribution is 5.79. The van der Waals surface area contributed by atoms with Gasteiger partial charge in [-0.15, -0.1) is 0 Å². The van der Waals surface area contributed by atoms with Crippen molar-refractivity contribution in [1.29, 1.82) is 0 Å². The van der Waals surface area contributed by atoms with Gasteiger partial charge in [-0.1, -0.05) is 25.5 Å². The van der Waals surface area contributed by atoms with E-state index in [4.69, 9.17) is 28.4 Å². The molecule has 22 atom stereocenters. The lowest BCUT2D eigenvalue weighted by Gasteiger charge is -2.58. The van der Waals surface area contributed by atoms with Crippen molar-refractivity contribution < 1.29 is 74.1 Å². The maximum absolute atomic E-state index is 12.6. The Morgan fingerprint density at radius 3 is 1.93 bits per heavy atom. The van der Waals surface area contributed by atoms with E-state index in [1.165, 1.54) is 19.4 Å². The SMILES string of the molecule is CC(=O)C1CCC2C3CC=C4CC(OC5OC(CO)C(OC6OC(C)C(O)C(O)C6O)C(O)C5OC5OC(C)C(O)C(O)C5O)CCC4(C)C3CCC12C. The van der Waals surface area contributed by atoms with Gasteiger partial charge in [-0.3, -0.25) is 4.79 Å². The van der Waals surface area contributed by atoms with Gasteiger partial charge in [0.1, 0.15) is 66.8 Å². The van der Waals surface area contributed by atoms with Crippen molar-refractivity contribution in [1.82, 2.24) is 0 Å². The fourth-order valence-corrected chi connectivity index (χ4v) is 11.6. The zero-order valence-corrected chi connectivity index (χ0v) is 31.9. The third kappa shape index (κ3) is 6.95. The summed E-state index contributed by atoms with van der Waals surface area (Å²) in [5.41, 5.74) is 1.33. The fraction of sp³-hybridized carbons (Fsp3) is 0.923. The molecule has 4 aliphatic carbocycles. The van der Waals surface area contributed by atoms with Crippen LogP contribution in [0.3, 0.4) is 0 Å². The molecule has 7 rings (SSSR count). The Balaban J connectivity index is 1.10. The van der Waals surface area contributed by atoms with Crippen molar-refractivity contribution >= 4 is 5.78 Å². The van der Waals surface area contributed by atoms with Crippen LogP contribution in [-0.4, -0.2) is 151 Å². The molecule has 7 aliphatic rings. The smallest absolute Gasteiger partial charge is 0.187 e.